The maximum Gasteiger partial charge on any atom is 0.125 e. The molecule has 86 valence electrons. The maximum absolute atomic E-state index is 10.1. The largest absolute Gasteiger partial charge is 0.496 e. The summed E-state index contributed by atoms with van der Waals surface area (Å²) in [4.78, 5) is 0. The Kier molecular flexibility index (Phi) is 3.19. The Labute approximate surface area is 99.3 Å². The standard InChI is InChI=1S/C12H13ClO3/c1-15-9-6-4-8(13)7-3-5-10(16-2)12(14)11(7)9/h3-6,10,12,14H,1-2H3/t10-,12+/m1/s1. The molecule has 0 radical (unpaired) electrons. The Bertz CT molecular complexity index is 429. The average molecular weight is 241 g/mol. The van der Waals surface area contributed by atoms with Gasteiger partial charge in [0, 0.05) is 23.3 Å². The van der Waals surface area contributed by atoms with Crippen LogP contribution in [0, 0.1) is 0 Å². The van der Waals surface area contributed by atoms with Crippen LogP contribution in [0.25, 0.3) is 6.08 Å². The van der Waals surface area contributed by atoms with Crippen LogP contribution in [0.3, 0.4) is 0 Å². The molecule has 0 amide bonds. The molecule has 1 aliphatic carbocycles. The summed E-state index contributed by atoms with van der Waals surface area (Å²) >= 11 is 6.07. The van der Waals surface area contributed by atoms with Gasteiger partial charge in [0.2, 0.25) is 0 Å². The molecule has 0 spiro atoms. The second-order valence-corrected chi connectivity index (χ2v) is 3.99. The van der Waals surface area contributed by atoms with Crippen LogP contribution in [0.2, 0.25) is 5.02 Å². The molecule has 4 heteroatoms. The van der Waals surface area contributed by atoms with Crippen molar-refractivity contribution < 1.29 is 14.6 Å². The minimum Gasteiger partial charge on any atom is -0.496 e. The highest BCUT2D eigenvalue weighted by Gasteiger charge is 2.28. The van der Waals surface area contributed by atoms with Crippen molar-refractivity contribution in [1.82, 2.24) is 0 Å². The molecule has 0 bridgehead atoms. The normalized spacial score (nSPS) is 23.0. The molecule has 0 aliphatic heterocycles. The van der Waals surface area contributed by atoms with E-state index in [1.54, 1.807) is 32.4 Å². The van der Waals surface area contributed by atoms with Gasteiger partial charge in [0.25, 0.3) is 0 Å². The first-order chi connectivity index (χ1) is 7.69. The van der Waals surface area contributed by atoms with Gasteiger partial charge < -0.3 is 14.6 Å². The molecule has 3 nitrogen and oxygen atoms in total. The van der Waals surface area contributed by atoms with E-state index in [9.17, 15) is 5.11 Å². The molecule has 0 unspecified atom stereocenters. The fraction of sp³-hybridized carbons (Fsp3) is 0.333. The SMILES string of the molecule is COc1ccc(Cl)c2c1[C@@H](O)[C@H](OC)C=C2. The second kappa shape index (κ2) is 4.45. The van der Waals surface area contributed by atoms with Crippen LogP contribution < -0.4 is 4.74 Å². The first kappa shape index (κ1) is 11.5. The van der Waals surface area contributed by atoms with Gasteiger partial charge in [-0.2, -0.15) is 0 Å². The van der Waals surface area contributed by atoms with E-state index in [0.29, 0.717) is 16.3 Å². The second-order valence-electron chi connectivity index (χ2n) is 3.58. The van der Waals surface area contributed by atoms with E-state index in [-0.39, 0.29) is 6.10 Å². The van der Waals surface area contributed by atoms with Crippen molar-refractivity contribution in [2.45, 2.75) is 12.2 Å². The van der Waals surface area contributed by atoms with Crippen molar-refractivity contribution in [2.75, 3.05) is 14.2 Å². The van der Waals surface area contributed by atoms with Gasteiger partial charge in [-0.05, 0) is 12.1 Å². The first-order valence-corrected chi connectivity index (χ1v) is 5.32. The first-order valence-electron chi connectivity index (χ1n) is 4.94. The van der Waals surface area contributed by atoms with Gasteiger partial charge >= 0.3 is 0 Å². The Morgan fingerprint density at radius 1 is 1.31 bits per heavy atom. The molecule has 1 aromatic rings. The smallest absolute Gasteiger partial charge is 0.125 e. The molecule has 0 saturated heterocycles. The lowest BCUT2D eigenvalue weighted by Gasteiger charge is -2.26. The molecular formula is C12H13ClO3. The van der Waals surface area contributed by atoms with Crippen LogP contribution in [-0.4, -0.2) is 25.4 Å². The van der Waals surface area contributed by atoms with Crippen LogP contribution in [0.5, 0.6) is 5.75 Å². The molecule has 16 heavy (non-hydrogen) atoms. The number of ether oxygens (including phenoxy) is 2. The average Bonchev–Trinajstić information content (AvgIpc) is 2.31. The number of halogens is 1. The molecule has 0 saturated carbocycles. The molecule has 2 atom stereocenters. The third kappa shape index (κ3) is 1.71. The highest BCUT2D eigenvalue weighted by Crippen LogP contribution is 2.39. The van der Waals surface area contributed by atoms with E-state index >= 15 is 0 Å². The van der Waals surface area contributed by atoms with Crippen LogP contribution in [-0.2, 0) is 4.74 Å². The number of methoxy groups -OCH3 is 2. The number of hydrogen-bond acceptors (Lipinski definition) is 3. The number of fused-ring (bicyclic) bond motifs is 1. The van der Waals surface area contributed by atoms with Gasteiger partial charge in [0.05, 0.1) is 7.11 Å². The lowest BCUT2D eigenvalue weighted by atomic mass is 9.92. The molecule has 1 aliphatic rings. The summed E-state index contributed by atoms with van der Waals surface area (Å²) in [5, 5.41) is 10.7. The molecule has 2 rings (SSSR count). The van der Waals surface area contributed by atoms with Crippen molar-refractivity contribution in [3.63, 3.8) is 0 Å². The van der Waals surface area contributed by atoms with E-state index in [1.807, 2.05) is 6.08 Å². The minimum absolute atomic E-state index is 0.361. The van der Waals surface area contributed by atoms with Gasteiger partial charge in [-0.25, -0.2) is 0 Å². The van der Waals surface area contributed by atoms with Crippen LogP contribution in [0.1, 0.15) is 17.2 Å². The molecule has 1 N–H and O–H groups in total. The van der Waals surface area contributed by atoms with E-state index in [0.717, 1.165) is 5.56 Å². The molecular weight excluding hydrogens is 228 g/mol. The fourth-order valence-corrected chi connectivity index (χ4v) is 2.14. The molecule has 0 aromatic heterocycles. The summed E-state index contributed by atoms with van der Waals surface area (Å²) in [7, 11) is 3.12. The Balaban J connectivity index is 2.58. The van der Waals surface area contributed by atoms with Crippen molar-refractivity contribution in [3.8, 4) is 5.75 Å². The number of aliphatic hydroxyl groups is 1. The lowest BCUT2D eigenvalue weighted by Crippen LogP contribution is -2.22. The summed E-state index contributed by atoms with van der Waals surface area (Å²) in [6.07, 6.45) is 2.53. The summed E-state index contributed by atoms with van der Waals surface area (Å²) in [5.41, 5.74) is 1.48. The molecule has 0 fully saturated rings. The Morgan fingerprint density at radius 2 is 2.06 bits per heavy atom. The van der Waals surface area contributed by atoms with E-state index < -0.39 is 6.10 Å². The zero-order valence-corrected chi connectivity index (χ0v) is 9.86. The summed E-state index contributed by atoms with van der Waals surface area (Å²) in [6, 6.07) is 3.50. The zero-order valence-electron chi connectivity index (χ0n) is 9.11. The third-order valence-corrected chi connectivity index (χ3v) is 3.08. The number of rotatable bonds is 2. The minimum atomic E-state index is -0.751. The zero-order chi connectivity index (χ0) is 11.7. The van der Waals surface area contributed by atoms with Crippen molar-refractivity contribution in [3.05, 3.63) is 34.4 Å². The predicted molar refractivity (Wildman–Crippen MR) is 62.8 cm³/mol. The van der Waals surface area contributed by atoms with Crippen LogP contribution in [0.15, 0.2) is 18.2 Å². The fourth-order valence-electron chi connectivity index (χ4n) is 1.91. The van der Waals surface area contributed by atoms with Gasteiger partial charge in [-0.1, -0.05) is 23.8 Å². The van der Waals surface area contributed by atoms with Gasteiger partial charge in [0.15, 0.2) is 0 Å². The topological polar surface area (TPSA) is 38.7 Å². The monoisotopic (exact) mass is 240 g/mol. The van der Waals surface area contributed by atoms with Gasteiger partial charge in [0.1, 0.15) is 18.0 Å². The summed E-state index contributed by atoms with van der Waals surface area (Å²) in [6.45, 7) is 0. The highest BCUT2D eigenvalue weighted by molar-refractivity contribution is 6.32. The number of hydrogen-bond donors (Lipinski definition) is 1. The van der Waals surface area contributed by atoms with E-state index in [2.05, 4.69) is 0 Å². The Hall–Kier alpha value is -1.03. The summed E-state index contributed by atoms with van der Waals surface area (Å²) in [5.74, 6) is 0.623. The number of aliphatic hydroxyl groups excluding tert-OH is 1. The molecule has 0 heterocycles. The maximum atomic E-state index is 10.1. The van der Waals surface area contributed by atoms with Crippen molar-refractivity contribution in [1.29, 1.82) is 0 Å². The third-order valence-electron chi connectivity index (χ3n) is 2.75. The summed E-state index contributed by atoms with van der Waals surface area (Å²) < 4.78 is 10.4. The predicted octanol–water partition coefficient (Wildman–Crippen LogP) is 2.42. The van der Waals surface area contributed by atoms with E-state index in [1.165, 1.54) is 0 Å². The van der Waals surface area contributed by atoms with E-state index in [4.69, 9.17) is 21.1 Å². The van der Waals surface area contributed by atoms with Crippen molar-refractivity contribution in [2.24, 2.45) is 0 Å². The van der Waals surface area contributed by atoms with Crippen LogP contribution in [0.4, 0.5) is 0 Å². The lowest BCUT2D eigenvalue weighted by molar-refractivity contribution is 0.0138. The number of benzene rings is 1. The highest BCUT2D eigenvalue weighted by atomic mass is 35.5. The van der Waals surface area contributed by atoms with Crippen molar-refractivity contribution >= 4 is 17.7 Å². The Morgan fingerprint density at radius 3 is 2.69 bits per heavy atom. The molecule has 1 aromatic carbocycles. The van der Waals surface area contributed by atoms with Crippen LogP contribution >= 0.6 is 11.6 Å². The van der Waals surface area contributed by atoms with Gasteiger partial charge in [-0.3, -0.25) is 0 Å². The quantitative estimate of drug-likeness (QED) is 0.863. The van der Waals surface area contributed by atoms with Gasteiger partial charge in [-0.15, -0.1) is 0 Å².